The molecule has 2 aromatic rings. The van der Waals surface area contributed by atoms with Crippen LogP contribution in [0, 0.1) is 0 Å². The summed E-state index contributed by atoms with van der Waals surface area (Å²) in [7, 11) is -3.76. The quantitative estimate of drug-likeness (QED) is 0.438. The number of carbonyl (C=O) groups is 1. The second-order valence-corrected chi connectivity index (χ2v) is 9.43. The maximum absolute atomic E-state index is 14.1. The lowest BCUT2D eigenvalue weighted by Crippen LogP contribution is -2.46. The lowest BCUT2D eigenvalue weighted by molar-refractivity contribution is -0.132. The third-order valence-electron chi connectivity index (χ3n) is 5.11. The lowest BCUT2D eigenvalue weighted by Gasteiger charge is -2.32. The van der Waals surface area contributed by atoms with E-state index in [-0.39, 0.29) is 5.91 Å². The summed E-state index contributed by atoms with van der Waals surface area (Å²) in [6, 6.07) is 17.1. The van der Waals surface area contributed by atoms with Gasteiger partial charge in [0.1, 0.15) is 11.5 Å². The van der Waals surface area contributed by atoms with E-state index in [1.165, 1.54) is 0 Å². The Labute approximate surface area is 177 Å². The maximum atomic E-state index is 14.1. The molecule has 0 bridgehead atoms. The van der Waals surface area contributed by atoms with Crippen LogP contribution in [0.15, 0.2) is 60.7 Å². The highest BCUT2D eigenvalue weighted by Crippen LogP contribution is 2.57. The highest BCUT2D eigenvalue weighted by Gasteiger charge is 2.48. The number of hydrogen-bond acceptors (Lipinski definition) is 6. The standard InChI is InChI=1S/C22H30N3O4P/c23-16-8-7-14-20(24)22(26)25-17-9-15-21(25)30(27,28-18-10-3-1-4-11-18)29-19-12-5-2-6-13-19/h1-6,10-13,20-21H,7-9,14-17,23-24H2/t20-,21+/m0/s1. The van der Waals surface area contributed by atoms with Crippen molar-refractivity contribution in [3.8, 4) is 11.5 Å². The minimum atomic E-state index is -3.76. The Morgan fingerprint density at radius 2 is 1.60 bits per heavy atom. The van der Waals surface area contributed by atoms with Crippen molar-refractivity contribution in [2.45, 2.75) is 43.9 Å². The average molecular weight is 431 g/mol. The zero-order chi connectivity index (χ0) is 21.4. The number of para-hydroxylation sites is 2. The molecule has 0 radical (unpaired) electrons. The minimum absolute atomic E-state index is 0.219. The fraction of sp³-hybridized carbons (Fsp3) is 0.409. The van der Waals surface area contributed by atoms with Crippen LogP contribution in [0.25, 0.3) is 0 Å². The van der Waals surface area contributed by atoms with Crippen molar-refractivity contribution >= 4 is 13.5 Å². The summed E-state index contributed by atoms with van der Waals surface area (Å²) in [5.41, 5.74) is 11.7. The van der Waals surface area contributed by atoms with Crippen molar-refractivity contribution in [1.29, 1.82) is 0 Å². The first kappa shape index (κ1) is 22.3. The predicted molar refractivity (Wildman–Crippen MR) is 117 cm³/mol. The largest absolute Gasteiger partial charge is 0.453 e. The molecule has 1 heterocycles. The van der Waals surface area contributed by atoms with Crippen molar-refractivity contribution in [2.24, 2.45) is 11.5 Å². The third-order valence-corrected chi connectivity index (χ3v) is 7.30. The highest BCUT2D eigenvalue weighted by molar-refractivity contribution is 7.55. The van der Waals surface area contributed by atoms with E-state index in [0.29, 0.717) is 43.9 Å². The molecule has 162 valence electrons. The number of hydrogen-bond donors (Lipinski definition) is 2. The molecule has 4 N–H and O–H groups in total. The van der Waals surface area contributed by atoms with Gasteiger partial charge in [-0.05, 0) is 56.5 Å². The van der Waals surface area contributed by atoms with Crippen LogP contribution in [-0.4, -0.2) is 35.7 Å². The van der Waals surface area contributed by atoms with Crippen LogP contribution in [0.2, 0.25) is 0 Å². The van der Waals surface area contributed by atoms with Crippen molar-refractivity contribution in [3.63, 3.8) is 0 Å². The van der Waals surface area contributed by atoms with E-state index in [0.717, 1.165) is 12.8 Å². The third kappa shape index (κ3) is 5.63. The van der Waals surface area contributed by atoms with Gasteiger partial charge in [-0.2, -0.15) is 0 Å². The van der Waals surface area contributed by atoms with Gasteiger partial charge < -0.3 is 25.4 Å². The number of rotatable bonds is 10. The zero-order valence-corrected chi connectivity index (χ0v) is 18.0. The van der Waals surface area contributed by atoms with E-state index in [4.69, 9.17) is 20.5 Å². The summed E-state index contributed by atoms with van der Waals surface area (Å²) in [4.78, 5) is 14.6. The Kier molecular flexibility index (Phi) is 7.91. The fourth-order valence-electron chi connectivity index (χ4n) is 3.58. The van der Waals surface area contributed by atoms with Gasteiger partial charge >= 0.3 is 7.60 Å². The van der Waals surface area contributed by atoms with Gasteiger partial charge in [-0.15, -0.1) is 0 Å². The predicted octanol–water partition coefficient (Wildman–Crippen LogP) is 3.74. The van der Waals surface area contributed by atoms with Crippen LogP contribution < -0.4 is 20.5 Å². The molecule has 1 aliphatic rings. The van der Waals surface area contributed by atoms with E-state index in [1.807, 2.05) is 12.1 Å². The van der Waals surface area contributed by atoms with E-state index in [2.05, 4.69) is 0 Å². The van der Waals surface area contributed by atoms with E-state index in [1.54, 1.807) is 53.4 Å². The number of nitrogens with zero attached hydrogens (tertiary/aromatic N) is 1. The van der Waals surface area contributed by atoms with Crippen molar-refractivity contribution in [2.75, 3.05) is 13.1 Å². The summed E-state index contributed by atoms with van der Waals surface area (Å²) in [5.74, 6) is -0.0411. The highest BCUT2D eigenvalue weighted by atomic mass is 31.2. The van der Waals surface area contributed by atoms with Gasteiger partial charge in [0, 0.05) is 6.54 Å². The van der Waals surface area contributed by atoms with Crippen LogP contribution >= 0.6 is 7.60 Å². The molecule has 8 heteroatoms. The molecule has 2 aromatic carbocycles. The first-order valence-electron chi connectivity index (χ1n) is 10.4. The van der Waals surface area contributed by atoms with Crippen molar-refractivity contribution in [1.82, 2.24) is 4.90 Å². The van der Waals surface area contributed by atoms with Gasteiger partial charge in [-0.3, -0.25) is 4.79 Å². The van der Waals surface area contributed by atoms with Crippen LogP contribution in [0.5, 0.6) is 11.5 Å². The summed E-state index contributed by atoms with van der Waals surface area (Å²) in [6.45, 7) is 1.05. The molecular formula is C22H30N3O4P. The average Bonchev–Trinajstić information content (AvgIpc) is 3.25. The van der Waals surface area contributed by atoms with Crippen molar-refractivity contribution < 1.29 is 18.4 Å². The van der Waals surface area contributed by atoms with Crippen LogP contribution in [0.4, 0.5) is 0 Å². The molecule has 1 saturated heterocycles. The summed E-state index contributed by atoms with van der Waals surface area (Å²) in [6.07, 6.45) is 3.38. The molecule has 0 unspecified atom stereocenters. The molecule has 0 aliphatic carbocycles. The summed E-state index contributed by atoms with van der Waals surface area (Å²) in [5, 5.41) is 0. The van der Waals surface area contributed by atoms with Crippen molar-refractivity contribution in [3.05, 3.63) is 60.7 Å². The van der Waals surface area contributed by atoms with Gasteiger partial charge in [-0.1, -0.05) is 42.8 Å². The zero-order valence-electron chi connectivity index (χ0n) is 17.1. The molecule has 7 nitrogen and oxygen atoms in total. The van der Waals surface area contributed by atoms with Crippen LogP contribution in [-0.2, 0) is 9.36 Å². The van der Waals surface area contributed by atoms with Gasteiger partial charge in [0.2, 0.25) is 5.91 Å². The van der Waals surface area contributed by atoms with Gasteiger partial charge in [-0.25, -0.2) is 4.57 Å². The summed E-state index contributed by atoms with van der Waals surface area (Å²) >= 11 is 0. The van der Waals surface area contributed by atoms with E-state index < -0.39 is 19.4 Å². The number of likely N-dealkylation sites (tertiary alicyclic amines) is 1. The Hall–Kier alpha value is -2.34. The second kappa shape index (κ2) is 10.6. The molecule has 1 aliphatic heterocycles. The molecular weight excluding hydrogens is 401 g/mol. The number of nitrogens with two attached hydrogens (primary N) is 2. The summed E-state index contributed by atoms with van der Waals surface area (Å²) < 4.78 is 25.9. The SMILES string of the molecule is NCCCC[C@H](N)C(=O)N1CCC[C@H]1P(=O)(Oc1ccccc1)Oc1ccccc1. The Balaban J connectivity index is 1.84. The normalized spacial score (nSPS) is 17.5. The molecule has 1 fully saturated rings. The Morgan fingerprint density at radius 1 is 1.03 bits per heavy atom. The molecule has 3 rings (SSSR count). The fourth-order valence-corrected chi connectivity index (χ4v) is 5.76. The first-order chi connectivity index (χ1) is 14.5. The molecule has 0 aromatic heterocycles. The second-order valence-electron chi connectivity index (χ2n) is 7.39. The number of benzene rings is 2. The number of amides is 1. The Morgan fingerprint density at radius 3 is 2.13 bits per heavy atom. The van der Waals surface area contributed by atoms with Gasteiger partial charge in [0.15, 0.2) is 5.78 Å². The Bertz CT molecular complexity index is 804. The van der Waals surface area contributed by atoms with E-state index in [9.17, 15) is 9.36 Å². The van der Waals surface area contributed by atoms with Gasteiger partial charge in [0.25, 0.3) is 0 Å². The molecule has 0 spiro atoms. The maximum Gasteiger partial charge on any atom is 0.453 e. The lowest BCUT2D eigenvalue weighted by atomic mass is 10.1. The van der Waals surface area contributed by atoms with Crippen LogP contribution in [0.3, 0.4) is 0 Å². The minimum Gasteiger partial charge on any atom is -0.415 e. The molecule has 1 amide bonds. The number of unbranched alkanes of at least 4 members (excludes halogenated alkanes) is 1. The van der Waals surface area contributed by atoms with Gasteiger partial charge in [0.05, 0.1) is 6.04 Å². The van der Waals surface area contributed by atoms with Crippen LogP contribution in [0.1, 0.15) is 32.1 Å². The molecule has 2 atom stereocenters. The van der Waals surface area contributed by atoms with E-state index >= 15 is 0 Å². The smallest absolute Gasteiger partial charge is 0.415 e. The molecule has 0 saturated carbocycles. The topological polar surface area (TPSA) is 108 Å². The number of carbonyl (C=O) groups excluding carboxylic acids is 1. The monoisotopic (exact) mass is 431 g/mol. The first-order valence-corrected chi connectivity index (χ1v) is 12.0. The molecule has 30 heavy (non-hydrogen) atoms.